The molecule has 1 N–H and O–H groups in total. The van der Waals surface area contributed by atoms with Gasteiger partial charge < -0.3 is 14.6 Å². The monoisotopic (exact) mass is 330 g/mol. The number of benzene rings is 1. The predicted octanol–water partition coefficient (Wildman–Crippen LogP) is 2.69. The Labute approximate surface area is 133 Å². The van der Waals surface area contributed by atoms with Crippen LogP contribution in [0.2, 0.25) is 0 Å². The van der Waals surface area contributed by atoms with Gasteiger partial charge in [-0.15, -0.1) is 0 Å². The van der Waals surface area contributed by atoms with E-state index in [9.17, 15) is 13.5 Å². The van der Waals surface area contributed by atoms with Crippen LogP contribution in [0.4, 0.5) is 0 Å². The molecule has 1 aromatic carbocycles. The van der Waals surface area contributed by atoms with Crippen LogP contribution < -0.4 is 0 Å². The van der Waals surface area contributed by atoms with Gasteiger partial charge in [-0.2, -0.15) is 0 Å². The van der Waals surface area contributed by atoms with E-state index in [-0.39, 0.29) is 4.90 Å². The predicted molar refractivity (Wildman–Crippen MR) is 85.4 cm³/mol. The molecular weight excluding hydrogens is 304 g/mol. The standard InChI is InChI=1S/C16H26O5S/c1-6-16(4,17)15(21-12(3)20-7-2)13-8-10-14(11-9-13)22(5,18)19/h8-12,15,17H,6-7H2,1-5H3. The van der Waals surface area contributed by atoms with Gasteiger partial charge in [0.1, 0.15) is 6.10 Å². The lowest BCUT2D eigenvalue weighted by atomic mass is 9.90. The fourth-order valence-corrected chi connectivity index (χ4v) is 2.76. The molecule has 0 aliphatic rings. The first-order valence-electron chi connectivity index (χ1n) is 7.41. The molecular formula is C16H26O5S. The van der Waals surface area contributed by atoms with Gasteiger partial charge in [0.25, 0.3) is 0 Å². The first kappa shape index (κ1) is 19.1. The molecule has 0 aliphatic carbocycles. The van der Waals surface area contributed by atoms with Gasteiger partial charge in [-0.1, -0.05) is 19.1 Å². The zero-order valence-electron chi connectivity index (χ0n) is 13.9. The van der Waals surface area contributed by atoms with E-state index in [1.807, 2.05) is 13.8 Å². The van der Waals surface area contributed by atoms with E-state index in [1.54, 1.807) is 26.0 Å². The molecule has 22 heavy (non-hydrogen) atoms. The van der Waals surface area contributed by atoms with E-state index >= 15 is 0 Å². The van der Waals surface area contributed by atoms with E-state index in [0.29, 0.717) is 18.6 Å². The van der Waals surface area contributed by atoms with Crippen LogP contribution >= 0.6 is 0 Å². The normalized spacial score (nSPS) is 17.7. The van der Waals surface area contributed by atoms with Gasteiger partial charge in [0.2, 0.25) is 0 Å². The number of aliphatic hydroxyl groups is 1. The third kappa shape index (κ3) is 5.05. The van der Waals surface area contributed by atoms with Crippen molar-refractivity contribution >= 4 is 9.84 Å². The lowest BCUT2D eigenvalue weighted by Gasteiger charge is -2.34. The molecule has 0 spiro atoms. The molecule has 5 nitrogen and oxygen atoms in total. The van der Waals surface area contributed by atoms with E-state index in [1.165, 1.54) is 12.1 Å². The van der Waals surface area contributed by atoms with Crippen molar-refractivity contribution in [2.24, 2.45) is 0 Å². The minimum atomic E-state index is -3.25. The van der Waals surface area contributed by atoms with E-state index in [0.717, 1.165) is 6.26 Å². The number of sulfone groups is 1. The largest absolute Gasteiger partial charge is 0.387 e. The summed E-state index contributed by atoms with van der Waals surface area (Å²) in [7, 11) is -3.25. The average molecular weight is 330 g/mol. The first-order chi connectivity index (χ1) is 10.1. The number of hydrogen-bond donors (Lipinski definition) is 1. The lowest BCUT2D eigenvalue weighted by Crippen LogP contribution is -2.36. The third-order valence-electron chi connectivity index (χ3n) is 3.62. The molecule has 0 aromatic heterocycles. The Morgan fingerprint density at radius 3 is 2.18 bits per heavy atom. The molecule has 3 unspecified atom stereocenters. The molecule has 126 valence electrons. The van der Waals surface area contributed by atoms with Crippen LogP contribution in [0.25, 0.3) is 0 Å². The van der Waals surface area contributed by atoms with Gasteiger partial charge in [0.15, 0.2) is 16.1 Å². The highest BCUT2D eigenvalue weighted by molar-refractivity contribution is 7.90. The number of rotatable bonds is 8. The highest BCUT2D eigenvalue weighted by atomic mass is 32.2. The Hall–Kier alpha value is -0.950. The van der Waals surface area contributed by atoms with Crippen molar-refractivity contribution in [3.63, 3.8) is 0 Å². The van der Waals surface area contributed by atoms with Gasteiger partial charge in [-0.25, -0.2) is 8.42 Å². The molecule has 1 rings (SSSR count). The highest BCUT2D eigenvalue weighted by Gasteiger charge is 2.34. The second-order valence-corrected chi connectivity index (χ2v) is 7.61. The molecule has 0 saturated carbocycles. The first-order valence-corrected chi connectivity index (χ1v) is 9.30. The van der Waals surface area contributed by atoms with Crippen molar-refractivity contribution in [1.82, 2.24) is 0 Å². The van der Waals surface area contributed by atoms with Crippen molar-refractivity contribution < 1.29 is 23.0 Å². The smallest absolute Gasteiger partial charge is 0.175 e. The van der Waals surface area contributed by atoms with Crippen LogP contribution in [-0.4, -0.2) is 38.3 Å². The molecule has 0 bridgehead atoms. The second-order valence-electron chi connectivity index (χ2n) is 5.59. The van der Waals surface area contributed by atoms with E-state index < -0.39 is 27.8 Å². The molecule has 0 aliphatic heterocycles. The zero-order chi connectivity index (χ0) is 17.0. The van der Waals surface area contributed by atoms with Crippen LogP contribution in [0.1, 0.15) is 45.8 Å². The van der Waals surface area contributed by atoms with Crippen molar-refractivity contribution in [2.75, 3.05) is 12.9 Å². The second kappa shape index (κ2) is 7.55. The van der Waals surface area contributed by atoms with Crippen LogP contribution in [0.5, 0.6) is 0 Å². The fraction of sp³-hybridized carbons (Fsp3) is 0.625. The van der Waals surface area contributed by atoms with Crippen molar-refractivity contribution in [2.45, 2.75) is 57.0 Å². The van der Waals surface area contributed by atoms with Gasteiger partial charge in [-0.3, -0.25) is 0 Å². The number of ether oxygens (including phenoxy) is 2. The van der Waals surface area contributed by atoms with Crippen LogP contribution in [0, 0.1) is 0 Å². The van der Waals surface area contributed by atoms with Gasteiger partial charge in [0.05, 0.1) is 10.5 Å². The molecule has 0 radical (unpaired) electrons. The SMILES string of the molecule is CCOC(C)OC(c1ccc(S(C)(=O)=O)cc1)C(C)(O)CC. The Morgan fingerprint density at radius 1 is 1.23 bits per heavy atom. The van der Waals surface area contributed by atoms with Gasteiger partial charge >= 0.3 is 0 Å². The van der Waals surface area contributed by atoms with Crippen LogP contribution in [0.15, 0.2) is 29.2 Å². The summed E-state index contributed by atoms with van der Waals surface area (Å²) >= 11 is 0. The molecule has 0 fully saturated rings. The van der Waals surface area contributed by atoms with E-state index in [4.69, 9.17) is 9.47 Å². The summed E-state index contributed by atoms with van der Waals surface area (Å²) in [5.74, 6) is 0. The summed E-state index contributed by atoms with van der Waals surface area (Å²) in [6.07, 6.45) is 0.579. The van der Waals surface area contributed by atoms with Crippen LogP contribution in [-0.2, 0) is 19.3 Å². The quantitative estimate of drug-likeness (QED) is 0.742. The molecule has 6 heteroatoms. The highest BCUT2D eigenvalue weighted by Crippen LogP contribution is 2.33. The van der Waals surface area contributed by atoms with Crippen molar-refractivity contribution in [3.05, 3.63) is 29.8 Å². The Morgan fingerprint density at radius 2 is 1.77 bits per heavy atom. The number of hydrogen-bond acceptors (Lipinski definition) is 5. The molecule has 0 amide bonds. The van der Waals surface area contributed by atoms with Crippen molar-refractivity contribution in [1.29, 1.82) is 0 Å². The summed E-state index contributed by atoms with van der Waals surface area (Å²) in [4.78, 5) is 0.240. The summed E-state index contributed by atoms with van der Waals surface area (Å²) in [5, 5.41) is 10.6. The Balaban J connectivity index is 3.11. The Bertz CT molecular complexity index is 563. The lowest BCUT2D eigenvalue weighted by molar-refractivity contribution is -0.207. The van der Waals surface area contributed by atoms with E-state index in [2.05, 4.69) is 0 Å². The third-order valence-corrected chi connectivity index (χ3v) is 4.75. The molecule has 0 saturated heterocycles. The minimum Gasteiger partial charge on any atom is -0.387 e. The summed E-state index contributed by atoms with van der Waals surface area (Å²) in [6, 6.07) is 6.39. The van der Waals surface area contributed by atoms with Gasteiger partial charge in [-0.05, 0) is 44.9 Å². The summed E-state index contributed by atoms with van der Waals surface area (Å²) in [5.41, 5.74) is -0.372. The summed E-state index contributed by atoms with van der Waals surface area (Å²) < 4.78 is 34.3. The fourth-order valence-electron chi connectivity index (χ4n) is 2.13. The minimum absolute atomic E-state index is 0.240. The topological polar surface area (TPSA) is 72.8 Å². The maximum absolute atomic E-state index is 11.5. The summed E-state index contributed by atoms with van der Waals surface area (Å²) in [6.45, 7) is 7.71. The van der Waals surface area contributed by atoms with Crippen LogP contribution in [0.3, 0.4) is 0 Å². The maximum atomic E-state index is 11.5. The van der Waals surface area contributed by atoms with Gasteiger partial charge in [0, 0.05) is 12.9 Å². The zero-order valence-corrected chi connectivity index (χ0v) is 14.7. The average Bonchev–Trinajstić information content (AvgIpc) is 2.44. The molecule has 1 aromatic rings. The molecule has 3 atom stereocenters. The molecule has 0 heterocycles. The Kier molecular flexibility index (Phi) is 6.55. The van der Waals surface area contributed by atoms with Crippen molar-refractivity contribution in [3.8, 4) is 0 Å². The maximum Gasteiger partial charge on any atom is 0.175 e.